The van der Waals surface area contributed by atoms with Crippen LogP contribution in [0.2, 0.25) is 0 Å². The van der Waals surface area contributed by atoms with Crippen molar-refractivity contribution in [2.45, 2.75) is 45.3 Å². The Labute approximate surface area is 114 Å². The molecule has 0 saturated carbocycles. The first-order valence-electron chi connectivity index (χ1n) is 6.76. The predicted octanol–water partition coefficient (Wildman–Crippen LogP) is 0.803. The van der Waals surface area contributed by atoms with E-state index >= 15 is 0 Å². The summed E-state index contributed by atoms with van der Waals surface area (Å²) in [6, 6.07) is 0.180. The van der Waals surface area contributed by atoms with E-state index in [0.717, 1.165) is 19.3 Å². The highest BCUT2D eigenvalue weighted by Crippen LogP contribution is 2.18. The molecule has 0 aliphatic carbocycles. The number of likely N-dealkylation sites (tertiary alicyclic amines) is 1. The van der Waals surface area contributed by atoms with Crippen LogP contribution in [0.3, 0.4) is 0 Å². The fourth-order valence-electron chi connectivity index (χ4n) is 2.18. The van der Waals surface area contributed by atoms with E-state index in [1.165, 1.54) is 0 Å². The van der Waals surface area contributed by atoms with Crippen molar-refractivity contribution in [2.75, 3.05) is 26.2 Å². The van der Waals surface area contributed by atoms with Gasteiger partial charge in [-0.25, -0.2) is 4.79 Å². The molecule has 0 spiro atoms. The Kier molecular flexibility index (Phi) is 5.60. The van der Waals surface area contributed by atoms with Gasteiger partial charge in [0.15, 0.2) is 0 Å². The number of piperidine rings is 1. The van der Waals surface area contributed by atoms with Crippen LogP contribution in [-0.4, -0.2) is 60.1 Å². The third-order valence-corrected chi connectivity index (χ3v) is 3.11. The zero-order chi connectivity index (χ0) is 14.5. The highest BCUT2D eigenvalue weighted by molar-refractivity contribution is 5.68. The third-order valence-electron chi connectivity index (χ3n) is 3.11. The quantitative estimate of drug-likeness (QED) is 0.767. The summed E-state index contributed by atoms with van der Waals surface area (Å²) in [5, 5.41) is 0. The van der Waals surface area contributed by atoms with Crippen molar-refractivity contribution in [3.05, 3.63) is 0 Å². The molecule has 110 valence electrons. The molecule has 1 rings (SSSR count). The molecule has 1 aliphatic heterocycles. The van der Waals surface area contributed by atoms with Gasteiger partial charge in [-0.3, -0.25) is 4.79 Å². The molecule has 0 radical (unpaired) electrons. The van der Waals surface area contributed by atoms with E-state index in [1.54, 1.807) is 9.80 Å². The number of ether oxygens (including phenoxy) is 1. The number of carbonyl (C=O) groups excluding carboxylic acids is 2. The number of nitrogens with zero attached hydrogens (tertiary/aromatic N) is 2. The molecule has 2 amide bonds. The molecule has 1 fully saturated rings. The van der Waals surface area contributed by atoms with Gasteiger partial charge in [-0.2, -0.15) is 0 Å². The van der Waals surface area contributed by atoms with Gasteiger partial charge in [0.05, 0.1) is 0 Å². The van der Waals surface area contributed by atoms with Crippen LogP contribution in [0.25, 0.3) is 0 Å². The van der Waals surface area contributed by atoms with Gasteiger partial charge < -0.3 is 20.3 Å². The molecule has 2 N–H and O–H groups in total. The Balaban J connectivity index is 2.44. The van der Waals surface area contributed by atoms with Gasteiger partial charge in [0.2, 0.25) is 6.41 Å². The first kappa shape index (κ1) is 15.8. The average Bonchev–Trinajstić information content (AvgIpc) is 2.34. The summed E-state index contributed by atoms with van der Waals surface area (Å²) in [5.74, 6) is 0. The SMILES string of the molecule is CC(C)(C)OC(=O)N1CCC(N(C=O)CCN)CC1. The van der Waals surface area contributed by atoms with Crippen LogP contribution in [0.15, 0.2) is 0 Å². The summed E-state index contributed by atoms with van der Waals surface area (Å²) >= 11 is 0. The zero-order valence-corrected chi connectivity index (χ0v) is 12.1. The van der Waals surface area contributed by atoms with Gasteiger partial charge in [-0.1, -0.05) is 0 Å². The Hall–Kier alpha value is -1.30. The highest BCUT2D eigenvalue weighted by atomic mass is 16.6. The van der Waals surface area contributed by atoms with Crippen molar-refractivity contribution in [3.8, 4) is 0 Å². The topological polar surface area (TPSA) is 75.9 Å². The molecule has 1 saturated heterocycles. The van der Waals surface area contributed by atoms with Crippen molar-refractivity contribution in [1.82, 2.24) is 9.80 Å². The maximum atomic E-state index is 11.9. The highest BCUT2D eigenvalue weighted by Gasteiger charge is 2.28. The average molecular weight is 271 g/mol. The predicted molar refractivity (Wildman–Crippen MR) is 72.7 cm³/mol. The zero-order valence-electron chi connectivity index (χ0n) is 12.1. The molecule has 1 heterocycles. The van der Waals surface area contributed by atoms with Gasteiger partial charge in [0.1, 0.15) is 5.60 Å². The molecule has 6 heteroatoms. The normalized spacial score (nSPS) is 17.2. The van der Waals surface area contributed by atoms with Gasteiger partial charge in [0.25, 0.3) is 0 Å². The van der Waals surface area contributed by atoms with Crippen LogP contribution in [0.1, 0.15) is 33.6 Å². The monoisotopic (exact) mass is 271 g/mol. The standard InChI is InChI=1S/C13H25N3O3/c1-13(2,3)19-12(18)15-7-4-11(5-8-15)16(10-17)9-6-14/h10-11H,4-9,14H2,1-3H3. The van der Waals surface area contributed by atoms with Crippen LogP contribution in [-0.2, 0) is 9.53 Å². The summed E-state index contributed by atoms with van der Waals surface area (Å²) in [7, 11) is 0. The van der Waals surface area contributed by atoms with Crippen molar-refractivity contribution in [3.63, 3.8) is 0 Å². The maximum absolute atomic E-state index is 11.9. The summed E-state index contributed by atoms with van der Waals surface area (Å²) in [6.45, 7) is 7.83. The molecule has 19 heavy (non-hydrogen) atoms. The lowest BCUT2D eigenvalue weighted by Crippen LogP contribution is -2.48. The lowest BCUT2D eigenvalue weighted by Gasteiger charge is -2.37. The van der Waals surface area contributed by atoms with E-state index in [2.05, 4.69) is 0 Å². The molecule has 0 aromatic rings. The van der Waals surface area contributed by atoms with Crippen LogP contribution in [0, 0.1) is 0 Å². The summed E-state index contributed by atoms with van der Waals surface area (Å²) < 4.78 is 5.33. The van der Waals surface area contributed by atoms with Crippen LogP contribution in [0.5, 0.6) is 0 Å². The van der Waals surface area contributed by atoms with Crippen LogP contribution in [0.4, 0.5) is 4.79 Å². The van der Waals surface area contributed by atoms with E-state index < -0.39 is 5.60 Å². The largest absolute Gasteiger partial charge is 0.444 e. The van der Waals surface area contributed by atoms with E-state index in [9.17, 15) is 9.59 Å². The van der Waals surface area contributed by atoms with E-state index in [-0.39, 0.29) is 12.1 Å². The first-order valence-corrected chi connectivity index (χ1v) is 6.76. The first-order chi connectivity index (χ1) is 8.87. The van der Waals surface area contributed by atoms with Crippen LogP contribution < -0.4 is 5.73 Å². The van der Waals surface area contributed by atoms with E-state index in [1.807, 2.05) is 20.8 Å². The Morgan fingerprint density at radius 3 is 2.42 bits per heavy atom. The molecule has 0 aromatic carbocycles. The second-order valence-electron chi connectivity index (χ2n) is 5.83. The maximum Gasteiger partial charge on any atom is 0.410 e. The second-order valence-corrected chi connectivity index (χ2v) is 5.83. The smallest absolute Gasteiger partial charge is 0.410 e. The fourth-order valence-corrected chi connectivity index (χ4v) is 2.18. The van der Waals surface area contributed by atoms with Crippen molar-refractivity contribution in [2.24, 2.45) is 5.73 Å². The van der Waals surface area contributed by atoms with E-state index in [0.29, 0.717) is 26.2 Å². The molecule has 0 atom stereocenters. The van der Waals surface area contributed by atoms with Gasteiger partial charge in [0, 0.05) is 32.2 Å². The number of nitrogens with two attached hydrogens (primary N) is 1. The summed E-state index contributed by atoms with van der Waals surface area (Å²) in [4.78, 5) is 26.3. The van der Waals surface area contributed by atoms with Crippen molar-refractivity contribution < 1.29 is 14.3 Å². The minimum Gasteiger partial charge on any atom is -0.444 e. The molecular formula is C13H25N3O3. The number of rotatable bonds is 4. The lowest BCUT2D eigenvalue weighted by atomic mass is 10.0. The van der Waals surface area contributed by atoms with Crippen LogP contribution >= 0.6 is 0 Å². The Morgan fingerprint density at radius 1 is 1.42 bits per heavy atom. The minimum absolute atomic E-state index is 0.180. The molecule has 0 unspecified atom stereocenters. The Morgan fingerprint density at radius 2 is 2.00 bits per heavy atom. The molecule has 1 aliphatic rings. The number of amides is 2. The fraction of sp³-hybridized carbons (Fsp3) is 0.846. The summed E-state index contributed by atoms with van der Waals surface area (Å²) in [5.41, 5.74) is 5.00. The van der Waals surface area contributed by atoms with E-state index in [4.69, 9.17) is 10.5 Å². The molecule has 0 aromatic heterocycles. The second kappa shape index (κ2) is 6.75. The molecule has 6 nitrogen and oxygen atoms in total. The Bertz CT molecular complexity index is 307. The lowest BCUT2D eigenvalue weighted by molar-refractivity contribution is -0.120. The number of carbonyl (C=O) groups is 2. The number of hydrogen-bond acceptors (Lipinski definition) is 4. The van der Waals surface area contributed by atoms with Gasteiger partial charge in [-0.15, -0.1) is 0 Å². The number of hydrogen-bond donors (Lipinski definition) is 1. The van der Waals surface area contributed by atoms with Crippen molar-refractivity contribution in [1.29, 1.82) is 0 Å². The molecule has 0 bridgehead atoms. The minimum atomic E-state index is -0.470. The van der Waals surface area contributed by atoms with Gasteiger partial charge in [-0.05, 0) is 33.6 Å². The van der Waals surface area contributed by atoms with Gasteiger partial charge >= 0.3 is 6.09 Å². The third kappa shape index (κ3) is 5.06. The summed E-state index contributed by atoms with van der Waals surface area (Å²) in [6.07, 6.45) is 2.12. The molecular weight excluding hydrogens is 246 g/mol. The van der Waals surface area contributed by atoms with Crippen molar-refractivity contribution >= 4 is 12.5 Å².